The number of hydrogen-bond acceptors (Lipinski definition) is 0. The van der Waals surface area contributed by atoms with E-state index in [4.69, 9.17) is 0 Å². The van der Waals surface area contributed by atoms with Crippen LogP contribution in [0, 0.1) is 6.92 Å². The first-order valence-corrected chi connectivity index (χ1v) is 3.97. The predicted molar refractivity (Wildman–Crippen MR) is 48.1 cm³/mol. The Labute approximate surface area is 87.9 Å². The summed E-state index contributed by atoms with van der Waals surface area (Å²) in [5.41, 5.74) is 4.28. The van der Waals surface area contributed by atoms with Crippen molar-refractivity contribution in [2.45, 2.75) is 12.8 Å². The molecule has 0 N–H and O–H groups in total. The van der Waals surface area contributed by atoms with Gasteiger partial charge in [-0.3, -0.25) is 0 Å². The topological polar surface area (TPSA) is 0 Å². The molecule has 0 aromatic heterocycles. The van der Waals surface area contributed by atoms with Crippen LogP contribution in [0.25, 0.3) is 6.08 Å². The van der Waals surface area contributed by atoms with Gasteiger partial charge in [-0.15, -0.1) is 0 Å². The number of allylic oxidation sites excluding steroid dienone is 1. The zero-order valence-corrected chi connectivity index (χ0v) is 9.85. The Bertz CT molecular complexity index is 300. The van der Waals surface area contributed by atoms with E-state index >= 15 is 0 Å². The third-order valence-corrected chi connectivity index (χ3v) is 2.15. The zero-order chi connectivity index (χ0) is 7.68. The first-order valence-electron chi connectivity index (χ1n) is 3.97. The van der Waals surface area contributed by atoms with E-state index in [1.807, 2.05) is 0 Å². The maximum absolute atomic E-state index is 3.88. The van der Waals surface area contributed by atoms with Crippen molar-refractivity contribution < 1.29 is 21.1 Å². The Morgan fingerprint density at radius 3 is 2.67 bits per heavy atom. The normalized spacial score (nSPS) is 13.2. The molecule has 0 aliphatic heterocycles. The van der Waals surface area contributed by atoms with Crippen molar-refractivity contribution in [2.75, 3.05) is 0 Å². The van der Waals surface area contributed by atoms with Gasteiger partial charge in [0.15, 0.2) is 0 Å². The van der Waals surface area contributed by atoms with Crippen LogP contribution in [0.15, 0.2) is 29.8 Å². The minimum absolute atomic E-state index is 0. The molecule has 0 spiro atoms. The second-order valence-electron chi connectivity index (χ2n) is 2.93. The quantitative estimate of drug-likeness (QED) is 0.696. The van der Waals surface area contributed by atoms with E-state index in [9.17, 15) is 0 Å². The molecule has 0 fully saturated rings. The van der Waals surface area contributed by atoms with Gasteiger partial charge in [-0.1, -0.05) is 35.9 Å². The summed E-state index contributed by atoms with van der Waals surface area (Å²) in [4.78, 5) is 0. The fraction of sp³-hybridized carbons (Fsp3) is 0.182. The molecule has 12 heavy (non-hydrogen) atoms. The molecule has 0 atom stereocenters. The molecular weight excluding hydrogens is 316 g/mol. The molecule has 1 aromatic rings. The average molecular weight is 327 g/mol. The molecule has 0 amide bonds. The summed E-state index contributed by atoms with van der Waals surface area (Å²) in [6.07, 6.45) is 4.30. The summed E-state index contributed by atoms with van der Waals surface area (Å²) < 4.78 is 0. The average Bonchev–Trinajstić information content (AvgIpc) is 2.46. The van der Waals surface area contributed by atoms with Crippen molar-refractivity contribution >= 4 is 6.08 Å². The van der Waals surface area contributed by atoms with E-state index < -0.39 is 0 Å². The fourth-order valence-electron chi connectivity index (χ4n) is 1.51. The summed E-state index contributed by atoms with van der Waals surface area (Å²) in [6, 6.07) is 8.53. The van der Waals surface area contributed by atoms with Gasteiger partial charge in [0.2, 0.25) is 0 Å². The van der Waals surface area contributed by atoms with Crippen LogP contribution in [0.2, 0.25) is 0 Å². The second kappa shape index (κ2) is 4.05. The first-order chi connectivity index (χ1) is 5.40. The van der Waals surface area contributed by atoms with Gasteiger partial charge < -0.3 is 6.92 Å². The molecule has 0 nitrogen and oxygen atoms in total. The molecule has 0 unspecified atom stereocenters. The molecule has 62 valence electrons. The maximum atomic E-state index is 3.88. The summed E-state index contributed by atoms with van der Waals surface area (Å²) in [5, 5.41) is 0. The van der Waals surface area contributed by atoms with Crippen molar-refractivity contribution in [1.82, 2.24) is 0 Å². The molecule has 0 saturated carbocycles. The van der Waals surface area contributed by atoms with Crippen LogP contribution < -0.4 is 0 Å². The molecule has 0 bridgehead atoms. The van der Waals surface area contributed by atoms with Gasteiger partial charge in [0.1, 0.15) is 0 Å². The summed E-state index contributed by atoms with van der Waals surface area (Å²) in [5.74, 6) is 0. The summed E-state index contributed by atoms with van der Waals surface area (Å²) in [7, 11) is 0. The van der Waals surface area contributed by atoms with E-state index in [-0.39, 0.29) is 21.1 Å². The zero-order valence-electron chi connectivity index (χ0n) is 6.92. The monoisotopic (exact) mass is 327 g/mol. The van der Waals surface area contributed by atoms with Crippen molar-refractivity contribution in [3.8, 4) is 0 Å². The number of benzene rings is 1. The van der Waals surface area contributed by atoms with Crippen molar-refractivity contribution in [3.05, 3.63) is 47.9 Å². The van der Waals surface area contributed by atoms with E-state index in [0.717, 1.165) is 12.8 Å². The smallest absolute Gasteiger partial charge is 0 e. The Kier molecular flexibility index (Phi) is 3.28. The first kappa shape index (κ1) is 9.73. The van der Waals surface area contributed by atoms with Crippen LogP contribution in [0.1, 0.15) is 17.5 Å². The molecule has 2 rings (SSSR count). The summed E-state index contributed by atoms with van der Waals surface area (Å²) >= 11 is 0. The molecule has 0 heterocycles. The molecular formula is C11H11W-. The molecule has 1 aromatic carbocycles. The van der Waals surface area contributed by atoms with Crippen LogP contribution in [0.3, 0.4) is 0 Å². The maximum Gasteiger partial charge on any atom is 0 e. The van der Waals surface area contributed by atoms with E-state index in [1.54, 1.807) is 0 Å². The van der Waals surface area contributed by atoms with Gasteiger partial charge in [-0.25, -0.2) is 0 Å². The Hall–Kier alpha value is -0.352. The van der Waals surface area contributed by atoms with Crippen LogP contribution in [0.4, 0.5) is 0 Å². The van der Waals surface area contributed by atoms with Gasteiger partial charge >= 0.3 is 0 Å². The van der Waals surface area contributed by atoms with Gasteiger partial charge in [0.25, 0.3) is 0 Å². The molecule has 1 aliphatic rings. The second-order valence-corrected chi connectivity index (χ2v) is 2.93. The van der Waals surface area contributed by atoms with Crippen molar-refractivity contribution in [3.63, 3.8) is 0 Å². The molecule has 1 aliphatic carbocycles. The minimum atomic E-state index is 0. The van der Waals surface area contributed by atoms with Crippen molar-refractivity contribution in [2.24, 2.45) is 0 Å². The SMILES string of the molecule is [CH2-]CC1=Cc2ccccc2C1.[W]. The largest absolute Gasteiger partial charge is 0.339 e. The van der Waals surface area contributed by atoms with Crippen LogP contribution in [0.5, 0.6) is 0 Å². The van der Waals surface area contributed by atoms with E-state index in [1.165, 1.54) is 16.7 Å². The van der Waals surface area contributed by atoms with E-state index in [0.29, 0.717) is 0 Å². The van der Waals surface area contributed by atoms with Crippen LogP contribution in [-0.4, -0.2) is 0 Å². The van der Waals surface area contributed by atoms with Gasteiger partial charge in [0, 0.05) is 21.1 Å². The number of hydrogen-bond donors (Lipinski definition) is 0. The predicted octanol–water partition coefficient (Wildman–Crippen LogP) is 2.85. The van der Waals surface area contributed by atoms with Crippen LogP contribution >= 0.6 is 0 Å². The van der Waals surface area contributed by atoms with Gasteiger partial charge in [-0.2, -0.15) is 6.42 Å². The number of fused-ring (bicyclic) bond motifs is 1. The number of rotatable bonds is 1. The van der Waals surface area contributed by atoms with Gasteiger partial charge in [0.05, 0.1) is 0 Å². The molecule has 0 radical (unpaired) electrons. The Balaban J connectivity index is 0.000000720. The Morgan fingerprint density at radius 1 is 1.25 bits per heavy atom. The minimum Gasteiger partial charge on any atom is -0.339 e. The van der Waals surface area contributed by atoms with E-state index in [2.05, 4.69) is 37.3 Å². The molecule has 0 saturated heterocycles. The standard InChI is InChI=1S/C11H11.W/c1-2-9-7-10-5-3-4-6-11(10)8-9;/h3-7H,1-2,8H2;/q-1;. The van der Waals surface area contributed by atoms with Crippen LogP contribution in [-0.2, 0) is 27.5 Å². The third kappa shape index (κ3) is 1.69. The fourth-order valence-corrected chi connectivity index (χ4v) is 1.51. The summed E-state index contributed by atoms with van der Waals surface area (Å²) in [6.45, 7) is 3.88. The van der Waals surface area contributed by atoms with Crippen molar-refractivity contribution in [1.29, 1.82) is 0 Å². The Morgan fingerprint density at radius 2 is 2.00 bits per heavy atom. The van der Waals surface area contributed by atoms with Gasteiger partial charge in [-0.05, 0) is 17.5 Å². The third-order valence-electron chi connectivity index (χ3n) is 2.15. The molecule has 1 heteroatoms.